The molecule has 0 unspecified atom stereocenters. The molecule has 5 N–H and O–H groups in total. The summed E-state index contributed by atoms with van der Waals surface area (Å²) in [5.41, 5.74) is 11.0. The first-order chi connectivity index (χ1) is 26.7. The van der Waals surface area contributed by atoms with Gasteiger partial charge in [-0.1, -0.05) is 57.2 Å². The molecule has 8 rings (SSSR count). The molecule has 0 bridgehead atoms. The normalized spacial score (nSPS) is 16.4. The van der Waals surface area contributed by atoms with E-state index >= 15 is 0 Å². The number of hydrogen-bond acceptors (Lipinski definition) is 6. The predicted octanol–water partition coefficient (Wildman–Crippen LogP) is 6.55. The van der Waals surface area contributed by atoms with Crippen LogP contribution in [0.1, 0.15) is 67.6 Å². The minimum absolute atomic E-state index is 0.0257. The fraction of sp³-hybridized carbons (Fsp3) is 0.463. The molecular formula is C41H51F3N10O2. The maximum Gasteiger partial charge on any atom is 0.433 e. The molecule has 0 spiro atoms. The Labute approximate surface area is 324 Å². The third kappa shape index (κ3) is 8.72. The fourth-order valence-electron chi connectivity index (χ4n) is 7.74. The maximum atomic E-state index is 13.5. The molecule has 3 aliphatic heterocycles. The Morgan fingerprint density at radius 3 is 1.93 bits per heavy atom. The average Bonchev–Trinajstić information content (AvgIpc) is 3.75. The lowest BCUT2D eigenvalue weighted by Crippen LogP contribution is -2.47. The molecule has 56 heavy (non-hydrogen) atoms. The molecule has 4 amide bonds. The van der Waals surface area contributed by atoms with E-state index in [1.807, 2.05) is 54.8 Å². The van der Waals surface area contributed by atoms with Crippen LogP contribution in [0.2, 0.25) is 0 Å². The number of nitrogens with zero attached hydrogens (tertiary/aromatic N) is 6. The topological polar surface area (TPSA) is 143 Å². The third-order valence-electron chi connectivity index (χ3n) is 10.9. The van der Waals surface area contributed by atoms with Gasteiger partial charge in [0.05, 0.1) is 0 Å². The minimum atomic E-state index is -4.51. The van der Waals surface area contributed by atoms with Crippen molar-refractivity contribution >= 4 is 39.7 Å². The van der Waals surface area contributed by atoms with Gasteiger partial charge in [0.1, 0.15) is 17.3 Å². The number of unbranched alkanes of at least 4 members (excludes halogenated alkanes) is 1. The lowest BCUT2D eigenvalue weighted by molar-refractivity contribution is -0.141. The van der Waals surface area contributed by atoms with E-state index in [1.165, 1.54) is 33.3 Å². The maximum absolute atomic E-state index is 13.5. The first-order valence-corrected chi connectivity index (χ1v) is 19.4. The van der Waals surface area contributed by atoms with Crippen molar-refractivity contribution < 1.29 is 22.8 Å². The van der Waals surface area contributed by atoms with E-state index in [4.69, 9.17) is 5.73 Å². The molecule has 3 aromatic heterocycles. The number of nitrogens with two attached hydrogens (primary N) is 1. The quantitative estimate of drug-likeness (QED) is 0.144. The van der Waals surface area contributed by atoms with Crippen LogP contribution in [-0.4, -0.2) is 99.1 Å². The zero-order valence-corrected chi connectivity index (χ0v) is 32.3. The monoisotopic (exact) mass is 772 g/mol. The summed E-state index contributed by atoms with van der Waals surface area (Å²) in [7, 11) is 0. The second-order valence-electron chi connectivity index (χ2n) is 15.9. The highest BCUT2D eigenvalue weighted by Crippen LogP contribution is 2.33. The molecule has 12 nitrogen and oxygen atoms in total. The van der Waals surface area contributed by atoms with Crippen LogP contribution in [0.25, 0.3) is 21.8 Å². The molecule has 3 aliphatic rings. The molecule has 0 atom stereocenters. The number of amides is 4. The molecule has 0 saturated carbocycles. The molecule has 15 heteroatoms. The number of benzene rings is 2. The first kappa shape index (κ1) is 38.9. The summed E-state index contributed by atoms with van der Waals surface area (Å²) in [5.74, 6) is 0.542. The number of aromatic amines is 2. The van der Waals surface area contributed by atoms with Crippen LogP contribution >= 0.6 is 0 Å². The highest BCUT2D eigenvalue weighted by atomic mass is 19.4. The van der Waals surface area contributed by atoms with Gasteiger partial charge in [0.2, 0.25) is 0 Å². The van der Waals surface area contributed by atoms with E-state index < -0.39 is 17.3 Å². The number of anilines is 1. The van der Waals surface area contributed by atoms with E-state index in [9.17, 15) is 22.8 Å². The number of rotatable bonds is 6. The summed E-state index contributed by atoms with van der Waals surface area (Å²) in [5, 5.41) is 5.45. The molecule has 298 valence electrons. The number of para-hydroxylation sites is 2. The summed E-state index contributed by atoms with van der Waals surface area (Å²) in [6.07, 6.45) is -1.02. The number of fused-ring (bicyclic) bond motifs is 6. The lowest BCUT2D eigenvalue weighted by Gasteiger charge is -2.36. The standard InChI is InChI=1S/C29H38F3N7O.C12H13N3O/c1-28(2,3)26-35-24(29(30,31)32)18-25(36-26)38-16-14-37(15-17-38)12-7-6-11-33-27(40)39-13-10-23-21(19-39)20-8-4-5-9-22(20)34-23;13-12(16)15-6-5-11-9(7-15)8-3-1-2-4-10(8)14-11/h4-5,8-9,18,34H,6-7,10-17,19H2,1-3H3,(H,33,40);1-4,14H,5-7H2,(H2,13,16). The Morgan fingerprint density at radius 1 is 0.786 bits per heavy atom. The zero-order valence-electron chi connectivity index (χ0n) is 32.3. The van der Waals surface area contributed by atoms with Crippen molar-refractivity contribution in [1.29, 1.82) is 0 Å². The van der Waals surface area contributed by atoms with Crippen LogP contribution in [0.4, 0.5) is 28.6 Å². The van der Waals surface area contributed by atoms with E-state index in [0.29, 0.717) is 51.6 Å². The van der Waals surface area contributed by atoms with Crippen molar-refractivity contribution in [3.8, 4) is 0 Å². The van der Waals surface area contributed by atoms with Crippen LogP contribution in [-0.2, 0) is 37.5 Å². The smallest absolute Gasteiger partial charge is 0.358 e. The summed E-state index contributed by atoms with van der Waals surface area (Å²) >= 11 is 0. The molecular weight excluding hydrogens is 722 g/mol. The van der Waals surface area contributed by atoms with Gasteiger partial charge in [-0.3, -0.25) is 4.90 Å². The molecule has 6 heterocycles. The Bertz CT molecular complexity index is 2150. The lowest BCUT2D eigenvalue weighted by atomic mass is 9.95. The van der Waals surface area contributed by atoms with Gasteiger partial charge >= 0.3 is 18.2 Å². The van der Waals surface area contributed by atoms with Gasteiger partial charge in [-0.25, -0.2) is 19.6 Å². The number of urea groups is 2. The Hall–Kier alpha value is -5.31. The second kappa shape index (κ2) is 16.0. The molecule has 2 aromatic carbocycles. The molecule has 1 saturated heterocycles. The number of piperazine rings is 1. The Balaban J connectivity index is 0.000000248. The van der Waals surface area contributed by atoms with E-state index in [0.717, 1.165) is 62.4 Å². The summed E-state index contributed by atoms with van der Waals surface area (Å²) < 4.78 is 40.4. The number of carbonyl (C=O) groups is 2. The Kier molecular flexibility index (Phi) is 11.2. The van der Waals surface area contributed by atoms with Crippen LogP contribution in [0.15, 0.2) is 54.6 Å². The highest BCUT2D eigenvalue weighted by Gasteiger charge is 2.36. The van der Waals surface area contributed by atoms with Crippen LogP contribution < -0.4 is 16.0 Å². The second-order valence-corrected chi connectivity index (χ2v) is 15.9. The van der Waals surface area contributed by atoms with E-state index in [-0.39, 0.29) is 17.9 Å². The first-order valence-electron chi connectivity index (χ1n) is 19.4. The average molecular weight is 773 g/mol. The van der Waals surface area contributed by atoms with Crippen molar-refractivity contribution in [2.75, 3.05) is 57.3 Å². The predicted molar refractivity (Wildman–Crippen MR) is 211 cm³/mol. The molecule has 1 fully saturated rings. The molecule has 0 aliphatic carbocycles. The van der Waals surface area contributed by atoms with Crippen molar-refractivity contribution in [2.45, 2.75) is 71.1 Å². The third-order valence-corrected chi connectivity index (χ3v) is 10.9. The largest absolute Gasteiger partial charge is 0.433 e. The summed E-state index contributed by atoms with van der Waals surface area (Å²) in [6, 6.07) is 17.1. The van der Waals surface area contributed by atoms with Gasteiger partial charge < -0.3 is 35.7 Å². The number of primary amides is 1. The number of aromatic nitrogens is 4. The summed E-state index contributed by atoms with van der Waals surface area (Å²) in [6.45, 7) is 12.3. The number of nitrogens with one attached hydrogen (secondary N) is 3. The zero-order chi connectivity index (χ0) is 39.6. The van der Waals surface area contributed by atoms with Gasteiger partial charge in [0, 0.05) is 128 Å². The summed E-state index contributed by atoms with van der Waals surface area (Å²) in [4.78, 5) is 46.9. The van der Waals surface area contributed by atoms with Crippen LogP contribution in [0.3, 0.4) is 0 Å². The number of halogens is 3. The minimum Gasteiger partial charge on any atom is -0.358 e. The van der Waals surface area contributed by atoms with E-state index in [2.05, 4.69) is 54.4 Å². The van der Waals surface area contributed by atoms with Gasteiger partial charge in [0.15, 0.2) is 0 Å². The number of alkyl halides is 3. The van der Waals surface area contributed by atoms with E-state index in [1.54, 1.807) is 4.90 Å². The van der Waals surface area contributed by atoms with Gasteiger partial charge in [0.25, 0.3) is 0 Å². The van der Waals surface area contributed by atoms with Gasteiger partial charge in [-0.05, 0) is 31.5 Å². The van der Waals surface area contributed by atoms with Crippen LogP contribution in [0, 0.1) is 0 Å². The van der Waals surface area contributed by atoms with Crippen LogP contribution in [0.5, 0.6) is 0 Å². The Morgan fingerprint density at radius 2 is 1.36 bits per heavy atom. The molecule has 5 aromatic rings. The van der Waals surface area contributed by atoms with Gasteiger partial charge in [-0.2, -0.15) is 13.2 Å². The van der Waals surface area contributed by atoms with Gasteiger partial charge in [-0.15, -0.1) is 0 Å². The van der Waals surface area contributed by atoms with Crippen molar-refractivity contribution in [1.82, 2.24) is 40.0 Å². The number of H-pyrrole nitrogens is 2. The van der Waals surface area contributed by atoms with Crippen molar-refractivity contribution in [3.63, 3.8) is 0 Å². The highest BCUT2D eigenvalue weighted by molar-refractivity contribution is 5.86. The SMILES string of the molecule is CC(C)(C)c1nc(N2CCN(CCCCNC(=O)N3CCc4[nH]c5ccccc5c4C3)CC2)cc(C(F)(F)F)n1.NC(=O)N1CCc2[nH]c3ccccc3c2C1. The number of hydrogen-bond donors (Lipinski definition) is 4. The molecule has 0 radical (unpaired) electrons. The number of carbonyl (C=O) groups excluding carboxylic acids is 2. The van der Waals surface area contributed by atoms with Crippen molar-refractivity contribution in [2.24, 2.45) is 5.73 Å². The fourth-order valence-corrected chi connectivity index (χ4v) is 7.74. The van der Waals surface area contributed by atoms with Crippen molar-refractivity contribution in [3.05, 3.63) is 88.6 Å².